The Balaban J connectivity index is 1.60. The van der Waals surface area contributed by atoms with E-state index in [9.17, 15) is 28.9 Å². The molecule has 1 heterocycles. The number of carbonyl (C=O) groups is 2. The van der Waals surface area contributed by atoms with Crippen molar-refractivity contribution in [2.24, 2.45) is 7.05 Å². The van der Waals surface area contributed by atoms with Gasteiger partial charge in [-0.2, -0.15) is 4.39 Å². The van der Waals surface area contributed by atoms with Crippen molar-refractivity contribution in [3.63, 3.8) is 0 Å². The number of nitrogens with one attached hydrogen (secondary N) is 1. The fourth-order valence-electron chi connectivity index (χ4n) is 2.99. The van der Waals surface area contributed by atoms with E-state index in [0.29, 0.717) is 16.7 Å². The number of para-hydroxylation sites is 1. The molecule has 1 aromatic heterocycles. The van der Waals surface area contributed by atoms with Crippen LogP contribution in [0.2, 0.25) is 0 Å². The molecule has 0 saturated heterocycles. The summed E-state index contributed by atoms with van der Waals surface area (Å²) in [5.74, 6) is -2.08. The number of nitro groups is 1. The molecule has 32 heavy (non-hydrogen) atoms. The van der Waals surface area contributed by atoms with Crippen LogP contribution in [0.4, 0.5) is 15.8 Å². The highest BCUT2D eigenvalue weighted by Gasteiger charge is 2.21. The third-order valence-corrected chi connectivity index (χ3v) is 4.72. The molecule has 1 unspecified atom stereocenters. The molecule has 1 amide bonds. The summed E-state index contributed by atoms with van der Waals surface area (Å²) in [6, 6.07) is 9.73. The van der Waals surface area contributed by atoms with Gasteiger partial charge in [0.05, 0.1) is 22.2 Å². The standard InChI is InChI=1S/C21H19FN4O6/c1-12(20(28)23-13-7-8-15(22)17(11-13)26(30)31)32-19(27)10-9-18-24-16-6-4-3-5-14(16)21(29)25(18)2/h3-8,11-12H,9-10H2,1-2H3,(H,23,28). The number of carbonyl (C=O) groups excluding carboxylic acids is 2. The molecule has 1 atom stereocenters. The lowest BCUT2D eigenvalue weighted by molar-refractivity contribution is -0.387. The number of esters is 1. The van der Waals surface area contributed by atoms with E-state index in [2.05, 4.69) is 10.3 Å². The molecule has 3 aromatic rings. The van der Waals surface area contributed by atoms with E-state index >= 15 is 0 Å². The minimum absolute atomic E-state index is 0.0126. The molecule has 0 aliphatic heterocycles. The second-order valence-electron chi connectivity index (χ2n) is 6.95. The summed E-state index contributed by atoms with van der Waals surface area (Å²) in [6.07, 6.45) is -1.22. The topological polar surface area (TPSA) is 133 Å². The third-order valence-electron chi connectivity index (χ3n) is 4.72. The molecule has 0 radical (unpaired) electrons. The van der Waals surface area contributed by atoms with Gasteiger partial charge in [0.15, 0.2) is 6.10 Å². The Hall–Kier alpha value is -4.15. The largest absolute Gasteiger partial charge is 0.453 e. The fraction of sp³-hybridized carbons (Fsp3) is 0.238. The van der Waals surface area contributed by atoms with Crippen molar-refractivity contribution in [2.75, 3.05) is 5.32 Å². The summed E-state index contributed by atoms with van der Waals surface area (Å²) in [5, 5.41) is 13.6. The highest BCUT2D eigenvalue weighted by Crippen LogP contribution is 2.21. The van der Waals surface area contributed by atoms with Gasteiger partial charge in [0, 0.05) is 25.2 Å². The van der Waals surface area contributed by atoms with E-state index in [1.54, 1.807) is 31.3 Å². The van der Waals surface area contributed by atoms with Crippen LogP contribution in [-0.4, -0.2) is 32.5 Å². The maximum Gasteiger partial charge on any atom is 0.307 e. The number of hydrogen-bond acceptors (Lipinski definition) is 7. The van der Waals surface area contributed by atoms with Crippen molar-refractivity contribution in [3.8, 4) is 0 Å². The van der Waals surface area contributed by atoms with Crippen molar-refractivity contribution in [3.05, 3.63) is 74.6 Å². The summed E-state index contributed by atoms with van der Waals surface area (Å²) in [5.41, 5.74) is -0.525. The molecule has 11 heteroatoms. The Bertz CT molecular complexity index is 1270. The second-order valence-corrected chi connectivity index (χ2v) is 6.95. The number of nitro benzene ring substituents is 1. The Morgan fingerprint density at radius 2 is 2.00 bits per heavy atom. The summed E-state index contributed by atoms with van der Waals surface area (Å²) in [7, 11) is 1.56. The number of anilines is 1. The van der Waals surface area contributed by atoms with Gasteiger partial charge < -0.3 is 10.1 Å². The number of aromatic nitrogens is 2. The number of amides is 1. The number of benzene rings is 2. The smallest absolute Gasteiger partial charge is 0.307 e. The summed E-state index contributed by atoms with van der Waals surface area (Å²) in [4.78, 5) is 51.1. The van der Waals surface area contributed by atoms with Gasteiger partial charge in [0.2, 0.25) is 5.82 Å². The minimum atomic E-state index is -1.21. The Labute approximate surface area is 180 Å². The Morgan fingerprint density at radius 1 is 1.28 bits per heavy atom. The highest BCUT2D eigenvalue weighted by atomic mass is 19.1. The molecular formula is C21H19FN4O6. The zero-order valence-electron chi connectivity index (χ0n) is 17.2. The van der Waals surface area contributed by atoms with Crippen LogP contribution in [-0.2, 0) is 27.8 Å². The van der Waals surface area contributed by atoms with Gasteiger partial charge in [-0.25, -0.2) is 4.98 Å². The molecule has 0 fully saturated rings. The number of hydrogen-bond donors (Lipinski definition) is 1. The molecule has 2 aromatic carbocycles. The highest BCUT2D eigenvalue weighted by molar-refractivity contribution is 5.95. The summed E-state index contributed by atoms with van der Waals surface area (Å²) in [6.45, 7) is 1.33. The predicted octanol–water partition coefficient (Wildman–Crippen LogP) is 2.48. The van der Waals surface area contributed by atoms with Crippen LogP contribution in [0.1, 0.15) is 19.2 Å². The molecule has 0 aliphatic carbocycles. The van der Waals surface area contributed by atoms with E-state index in [0.717, 1.165) is 18.2 Å². The van der Waals surface area contributed by atoms with Crippen molar-refractivity contribution < 1.29 is 23.6 Å². The van der Waals surface area contributed by atoms with Crippen LogP contribution in [0, 0.1) is 15.9 Å². The van der Waals surface area contributed by atoms with Crippen LogP contribution < -0.4 is 10.9 Å². The molecule has 3 rings (SSSR count). The first-order chi connectivity index (χ1) is 15.2. The number of rotatable bonds is 7. The third kappa shape index (κ3) is 4.94. The van der Waals surface area contributed by atoms with Crippen molar-refractivity contribution in [1.29, 1.82) is 0 Å². The number of fused-ring (bicyclic) bond motifs is 1. The van der Waals surface area contributed by atoms with Gasteiger partial charge >= 0.3 is 11.7 Å². The fourth-order valence-corrected chi connectivity index (χ4v) is 2.99. The van der Waals surface area contributed by atoms with Gasteiger partial charge in [-0.3, -0.25) is 29.1 Å². The maximum atomic E-state index is 13.4. The lowest BCUT2D eigenvalue weighted by Crippen LogP contribution is -2.30. The number of nitrogens with zero attached hydrogens (tertiary/aromatic N) is 3. The van der Waals surface area contributed by atoms with Crippen molar-refractivity contribution >= 4 is 34.2 Å². The molecule has 0 aliphatic rings. The van der Waals surface area contributed by atoms with E-state index < -0.39 is 34.4 Å². The number of halogens is 1. The summed E-state index contributed by atoms with van der Waals surface area (Å²) >= 11 is 0. The molecule has 0 bridgehead atoms. The Morgan fingerprint density at radius 3 is 2.72 bits per heavy atom. The first kappa shape index (κ1) is 22.5. The normalized spacial score (nSPS) is 11.7. The van der Waals surface area contributed by atoms with E-state index in [4.69, 9.17) is 4.74 Å². The number of ether oxygens (including phenoxy) is 1. The first-order valence-electron chi connectivity index (χ1n) is 9.56. The van der Waals surface area contributed by atoms with E-state index in [1.165, 1.54) is 11.5 Å². The van der Waals surface area contributed by atoms with Crippen LogP contribution in [0.3, 0.4) is 0 Å². The van der Waals surface area contributed by atoms with Crippen LogP contribution in [0.15, 0.2) is 47.3 Å². The molecule has 0 spiro atoms. The van der Waals surface area contributed by atoms with Crippen LogP contribution in [0.5, 0.6) is 0 Å². The monoisotopic (exact) mass is 442 g/mol. The quantitative estimate of drug-likeness (QED) is 0.338. The lowest BCUT2D eigenvalue weighted by Gasteiger charge is -2.14. The second kappa shape index (κ2) is 9.33. The molecule has 0 saturated carbocycles. The molecule has 1 N–H and O–H groups in total. The van der Waals surface area contributed by atoms with Crippen LogP contribution in [0.25, 0.3) is 10.9 Å². The Kier molecular flexibility index (Phi) is 6.57. The zero-order valence-corrected chi connectivity index (χ0v) is 17.2. The van der Waals surface area contributed by atoms with E-state index in [-0.39, 0.29) is 24.1 Å². The van der Waals surface area contributed by atoms with Crippen LogP contribution >= 0.6 is 0 Å². The molecular weight excluding hydrogens is 423 g/mol. The van der Waals surface area contributed by atoms with Gasteiger partial charge in [-0.05, 0) is 31.2 Å². The van der Waals surface area contributed by atoms with Gasteiger partial charge in [-0.1, -0.05) is 12.1 Å². The average molecular weight is 442 g/mol. The summed E-state index contributed by atoms with van der Waals surface area (Å²) < 4.78 is 19.8. The van der Waals surface area contributed by atoms with Crippen molar-refractivity contribution in [2.45, 2.75) is 25.9 Å². The molecule has 10 nitrogen and oxygen atoms in total. The van der Waals surface area contributed by atoms with Gasteiger partial charge in [0.25, 0.3) is 11.5 Å². The van der Waals surface area contributed by atoms with Crippen molar-refractivity contribution in [1.82, 2.24) is 9.55 Å². The number of aryl methyl sites for hydroxylation is 1. The van der Waals surface area contributed by atoms with E-state index in [1.807, 2.05) is 0 Å². The maximum absolute atomic E-state index is 13.4. The zero-order chi connectivity index (χ0) is 23.4. The predicted molar refractivity (Wildman–Crippen MR) is 113 cm³/mol. The minimum Gasteiger partial charge on any atom is -0.453 e. The molecule has 166 valence electrons. The average Bonchev–Trinajstić information content (AvgIpc) is 2.76. The SMILES string of the molecule is CC(OC(=O)CCc1nc2ccccc2c(=O)n1C)C(=O)Nc1ccc(F)c([N+](=O)[O-])c1. The van der Waals surface area contributed by atoms with Gasteiger partial charge in [-0.15, -0.1) is 0 Å². The lowest BCUT2D eigenvalue weighted by atomic mass is 10.2. The first-order valence-corrected chi connectivity index (χ1v) is 9.56. The van der Waals surface area contributed by atoms with Gasteiger partial charge in [0.1, 0.15) is 5.82 Å².